The van der Waals surface area contributed by atoms with Crippen molar-refractivity contribution in [3.05, 3.63) is 47.3 Å². The highest BCUT2D eigenvalue weighted by Crippen LogP contribution is 2.26. The number of imidazole rings is 1. The van der Waals surface area contributed by atoms with Crippen molar-refractivity contribution in [3.8, 4) is 5.69 Å². The van der Waals surface area contributed by atoms with Crippen molar-refractivity contribution in [1.82, 2.24) is 9.55 Å². The Kier molecular flexibility index (Phi) is 4.22. The standard InChI is InChI=1S/C14H17ClFN3/c1-9(2)13(6-17)14-7-18-8-19(14)12-4-10(15)3-11(16)5-12/h3-5,7-9,13H,6,17H2,1-2H3. The molecule has 2 N–H and O–H groups in total. The van der Waals surface area contributed by atoms with Gasteiger partial charge in [0, 0.05) is 29.4 Å². The molecule has 1 aromatic heterocycles. The van der Waals surface area contributed by atoms with Gasteiger partial charge in [0.2, 0.25) is 0 Å². The van der Waals surface area contributed by atoms with E-state index < -0.39 is 0 Å². The summed E-state index contributed by atoms with van der Waals surface area (Å²) in [5, 5.41) is 0.364. The Hall–Kier alpha value is -1.39. The van der Waals surface area contributed by atoms with E-state index in [1.54, 1.807) is 18.6 Å². The third-order valence-electron chi connectivity index (χ3n) is 3.23. The molecule has 1 unspecified atom stereocenters. The lowest BCUT2D eigenvalue weighted by molar-refractivity contribution is 0.489. The van der Waals surface area contributed by atoms with E-state index in [2.05, 4.69) is 18.8 Å². The maximum absolute atomic E-state index is 13.5. The minimum atomic E-state index is -0.365. The van der Waals surface area contributed by atoms with Gasteiger partial charge in [0.1, 0.15) is 5.82 Å². The lowest BCUT2D eigenvalue weighted by atomic mass is 9.93. The molecule has 1 atom stereocenters. The van der Waals surface area contributed by atoms with E-state index in [-0.39, 0.29) is 11.7 Å². The Labute approximate surface area is 117 Å². The fourth-order valence-corrected chi connectivity index (χ4v) is 2.42. The summed E-state index contributed by atoms with van der Waals surface area (Å²) in [4.78, 5) is 4.15. The summed E-state index contributed by atoms with van der Waals surface area (Å²) in [5.41, 5.74) is 7.47. The molecule has 2 aromatic rings. The highest BCUT2D eigenvalue weighted by atomic mass is 35.5. The zero-order valence-electron chi connectivity index (χ0n) is 11.0. The molecule has 3 nitrogen and oxygen atoms in total. The summed E-state index contributed by atoms with van der Waals surface area (Å²) in [6.45, 7) is 4.73. The maximum Gasteiger partial charge on any atom is 0.126 e. The molecule has 19 heavy (non-hydrogen) atoms. The largest absolute Gasteiger partial charge is 0.330 e. The van der Waals surface area contributed by atoms with Gasteiger partial charge in [-0.1, -0.05) is 25.4 Å². The van der Waals surface area contributed by atoms with Gasteiger partial charge in [-0.3, -0.25) is 0 Å². The predicted molar refractivity (Wildman–Crippen MR) is 75.2 cm³/mol. The molecule has 5 heteroatoms. The van der Waals surface area contributed by atoms with Crippen molar-refractivity contribution in [3.63, 3.8) is 0 Å². The van der Waals surface area contributed by atoms with Crippen LogP contribution >= 0.6 is 11.6 Å². The summed E-state index contributed by atoms with van der Waals surface area (Å²) in [5.74, 6) is 0.185. The molecule has 0 amide bonds. The molecule has 0 aliphatic rings. The van der Waals surface area contributed by atoms with Crippen LogP contribution in [0.4, 0.5) is 4.39 Å². The minimum Gasteiger partial charge on any atom is -0.330 e. The van der Waals surface area contributed by atoms with E-state index in [4.69, 9.17) is 17.3 Å². The Balaban J connectivity index is 2.49. The van der Waals surface area contributed by atoms with Crippen LogP contribution in [0.5, 0.6) is 0 Å². The van der Waals surface area contributed by atoms with Crippen molar-refractivity contribution in [1.29, 1.82) is 0 Å². The quantitative estimate of drug-likeness (QED) is 0.934. The maximum atomic E-state index is 13.5. The number of hydrogen-bond donors (Lipinski definition) is 1. The first-order chi connectivity index (χ1) is 9.02. The van der Waals surface area contributed by atoms with Gasteiger partial charge in [0.05, 0.1) is 12.0 Å². The molecule has 1 heterocycles. The molecular formula is C14H17ClFN3. The molecular weight excluding hydrogens is 265 g/mol. The van der Waals surface area contributed by atoms with Crippen LogP contribution in [-0.4, -0.2) is 16.1 Å². The Morgan fingerprint density at radius 1 is 1.37 bits per heavy atom. The molecule has 0 saturated heterocycles. The molecule has 0 spiro atoms. The van der Waals surface area contributed by atoms with Crippen LogP contribution in [-0.2, 0) is 0 Å². The van der Waals surface area contributed by atoms with E-state index in [0.29, 0.717) is 23.2 Å². The highest BCUT2D eigenvalue weighted by Gasteiger charge is 2.19. The van der Waals surface area contributed by atoms with E-state index >= 15 is 0 Å². The Morgan fingerprint density at radius 2 is 2.11 bits per heavy atom. The summed E-state index contributed by atoms with van der Waals surface area (Å²) in [6.07, 6.45) is 3.43. The van der Waals surface area contributed by atoms with E-state index in [1.807, 2.05) is 4.57 Å². The number of nitrogens with two attached hydrogens (primary N) is 1. The van der Waals surface area contributed by atoms with Crippen molar-refractivity contribution in [2.75, 3.05) is 6.54 Å². The third kappa shape index (κ3) is 2.96. The van der Waals surface area contributed by atoms with E-state index in [9.17, 15) is 4.39 Å². The molecule has 0 radical (unpaired) electrons. The van der Waals surface area contributed by atoms with Crippen LogP contribution in [0.25, 0.3) is 5.69 Å². The molecule has 102 valence electrons. The van der Waals surface area contributed by atoms with Crippen molar-refractivity contribution in [2.45, 2.75) is 19.8 Å². The monoisotopic (exact) mass is 281 g/mol. The fourth-order valence-electron chi connectivity index (χ4n) is 2.21. The molecule has 0 bridgehead atoms. The van der Waals surface area contributed by atoms with Crippen molar-refractivity contribution in [2.24, 2.45) is 11.7 Å². The topological polar surface area (TPSA) is 43.8 Å². The van der Waals surface area contributed by atoms with Crippen LogP contribution in [0.1, 0.15) is 25.5 Å². The summed E-state index contributed by atoms with van der Waals surface area (Å²) in [6, 6.07) is 4.43. The van der Waals surface area contributed by atoms with Crippen LogP contribution < -0.4 is 5.73 Å². The van der Waals surface area contributed by atoms with Crippen LogP contribution in [0, 0.1) is 11.7 Å². The van der Waals surface area contributed by atoms with Crippen LogP contribution in [0.15, 0.2) is 30.7 Å². The lowest BCUT2D eigenvalue weighted by Crippen LogP contribution is -2.20. The zero-order valence-corrected chi connectivity index (χ0v) is 11.7. The van der Waals surface area contributed by atoms with Gasteiger partial charge in [0.15, 0.2) is 0 Å². The number of rotatable bonds is 4. The second-order valence-corrected chi connectivity index (χ2v) is 5.34. The van der Waals surface area contributed by atoms with Gasteiger partial charge in [-0.25, -0.2) is 9.37 Å². The highest BCUT2D eigenvalue weighted by molar-refractivity contribution is 6.30. The molecule has 0 aliphatic heterocycles. The van der Waals surface area contributed by atoms with Crippen LogP contribution in [0.2, 0.25) is 5.02 Å². The predicted octanol–water partition coefficient (Wildman–Crippen LogP) is 3.36. The number of halogens is 2. The molecule has 0 saturated carbocycles. The van der Waals surface area contributed by atoms with Gasteiger partial charge < -0.3 is 10.3 Å². The first-order valence-electron chi connectivity index (χ1n) is 6.21. The Bertz CT molecular complexity index is 545. The van der Waals surface area contributed by atoms with E-state index in [0.717, 1.165) is 5.69 Å². The fraction of sp³-hybridized carbons (Fsp3) is 0.357. The van der Waals surface area contributed by atoms with Gasteiger partial charge in [0.25, 0.3) is 0 Å². The van der Waals surface area contributed by atoms with Crippen molar-refractivity contribution >= 4 is 11.6 Å². The average Bonchev–Trinajstić information content (AvgIpc) is 2.77. The smallest absolute Gasteiger partial charge is 0.126 e. The molecule has 0 aliphatic carbocycles. The number of nitrogens with zero attached hydrogens (tertiary/aromatic N) is 2. The summed E-state index contributed by atoms with van der Waals surface area (Å²) >= 11 is 5.90. The van der Waals surface area contributed by atoms with Gasteiger partial charge in [-0.2, -0.15) is 0 Å². The van der Waals surface area contributed by atoms with Gasteiger partial charge in [-0.05, 0) is 24.1 Å². The van der Waals surface area contributed by atoms with Gasteiger partial charge in [-0.15, -0.1) is 0 Å². The molecule has 1 aromatic carbocycles. The number of hydrogen-bond acceptors (Lipinski definition) is 2. The summed E-state index contributed by atoms with van der Waals surface area (Å²) in [7, 11) is 0. The average molecular weight is 282 g/mol. The molecule has 2 rings (SSSR count). The SMILES string of the molecule is CC(C)C(CN)c1cncn1-c1cc(F)cc(Cl)c1. The van der Waals surface area contributed by atoms with Crippen molar-refractivity contribution < 1.29 is 4.39 Å². The zero-order chi connectivity index (χ0) is 14.0. The minimum absolute atomic E-state index is 0.171. The third-order valence-corrected chi connectivity index (χ3v) is 3.45. The first kappa shape index (κ1) is 14.0. The number of benzene rings is 1. The van der Waals surface area contributed by atoms with E-state index in [1.165, 1.54) is 12.1 Å². The lowest BCUT2D eigenvalue weighted by Gasteiger charge is -2.20. The second-order valence-electron chi connectivity index (χ2n) is 4.90. The number of aromatic nitrogens is 2. The Morgan fingerprint density at radius 3 is 2.68 bits per heavy atom. The summed E-state index contributed by atoms with van der Waals surface area (Å²) < 4.78 is 15.3. The second kappa shape index (κ2) is 5.72. The normalized spacial score (nSPS) is 12.9. The first-order valence-corrected chi connectivity index (χ1v) is 6.59. The van der Waals surface area contributed by atoms with Gasteiger partial charge >= 0.3 is 0 Å². The van der Waals surface area contributed by atoms with Crippen LogP contribution in [0.3, 0.4) is 0 Å². The molecule has 0 fully saturated rings.